The van der Waals surface area contributed by atoms with Gasteiger partial charge in [0.15, 0.2) is 0 Å². The van der Waals surface area contributed by atoms with Crippen molar-refractivity contribution in [3.63, 3.8) is 0 Å². The topological polar surface area (TPSA) is 63.4 Å². The van der Waals surface area contributed by atoms with E-state index in [0.717, 1.165) is 25.7 Å². The molecule has 1 aliphatic heterocycles. The van der Waals surface area contributed by atoms with Crippen LogP contribution in [0.2, 0.25) is 0 Å². The summed E-state index contributed by atoms with van der Waals surface area (Å²) in [6, 6.07) is -0.0910. The van der Waals surface area contributed by atoms with Crippen molar-refractivity contribution in [2.75, 3.05) is 6.54 Å². The zero-order chi connectivity index (χ0) is 12.6. The lowest BCUT2D eigenvalue weighted by Crippen LogP contribution is -2.44. The van der Waals surface area contributed by atoms with E-state index in [9.17, 15) is 9.59 Å². The average molecular weight is 238 g/mol. The Labute approximate surface area is 103 Å². The molecule has 96 valence electrons. The normalized spacial score (nSPS) is 31.8. The molecule has 0 aromatic carbocycles. The fourth-order valence-corrected chi connectivity index (χ4v) is 2.93. The smallest absolute Gasteiger partial charge is 0.233 e. The van der Waals surface area contributed by atoms with Crippen LogP contribution in [0.25, 0.3) is 0 Å². The second-order valence-electron chi connectivity index (χ2n) is 5.48. The fraction of sp³-hybridized carbons (Fsp3) is 0.846. The second-order valence-corrected chi connectivity index (χ2v) is 5.48. The highest BCUT2D eigenvalue weighted by Crippen LogP contribution is 2.39. The molecule has 4 unspecified atom stereocenters. The van der Waals surface area contributed by atoms with E-state index >= 15 is 0 Å². The molecule has 17 heavy (non-hydrogen) atoms. The van der Waals surface area contributed by atoms with E-state index in [-0.39, 0.29) is 29.7 Å². The van der Waals surface area contributed by atoms with Crippen LogP contribution in [0.15, 0.2) is 0 Å². The Hall–Kier alpha value is -0.900. The van der Waals surface area contributed by atoms with Crippen LogP contribution >= 0.6 is 0 Å². The molecule has 4 heteroatoms. The Morgan fingerprint density at radius 1 is 1.29 bits per heavy atom. The molecular formula is C13H22N2O2. The van der Waals surface area contributed by atoms with Crippen LogP contribution in [0.1, 0.15) is 39.5 Å². The number of fused-ring (bicyclic) bond motifs is 1. The number of carbonyl (C=O) groups is 2. The van der Waals surface area contributed by atoms with Crippen molar-refractivity contribution in [3.8, 4) is 0 Å². The van der Waals surface area contributed by atoms with E-state index in [4.69, 9.17) is 5.73 Å². The minimum absolute atomic E-state index is 0.0243. The van der Waals surface area contributed by atoms with Gasteiger partial charge in [0.2, 0.25) is 11.8 Å². The van der Waals surface area contributed by atoms with Crippen LogP contribution < -0.4 is 5.73 Å². The third kappa shape index (κ3) is 2.10. The maximum absolute atomic E-state index is 12.1. The molecule has 1 saturated heterocycles. The van der Waals surface area contributed by atoms with Crippen LogP contribution in [0.3, 0.4) is 0 Å². The zero-order valence-electron chi connectivity index (χ0n) is 10.7. The van der Waals surface area contributed by atoms with Gasteiger partial charge in [-0.2, -0.15) is 0 Å². The van der Waals surface area contributed by atoms with Gasteiger partial charge in [-0.25, -0.2) is 0 Å². The molecule has 0 aromatic heterocycles. The molecule has 2 amide bonds. The third-order valence-corrected chi connectivity index (χ3v) is 4.45. The molecule has 0 radical (unpaired) electrons. The van der Waals surface area contributed by atoms with Crippen LogP contribution in [0.5, 0.6) is 0 Å². The van der Waals surface area contributed by atoms with Crippen molar-refractivity contribution >= 4 is 11.8 Å². The lowest BCUT2D eigenvalue weighted by atomic mass is 9.99. The molecule has 1 saturated carbocycles. The van der Waals surface area contributed by atoms with Crippen LogP contribution in [-0.4, -0.2) is 29.3 Å². The summed E-state index contributed by atoms with van der Waals surface area (Å²) in [7, 11) is 0. The highest BCUT2D eigenvalue weighted by Gasteiger charge is 2.49. The summed E-state index contributed by atoms with van der Waals surface area (Å²) in [6.07, 6.45) is 3.75. The molecule has 2 rings (SSSR count). The molecule has 2 fully saturated rings. The van der Waals surface area contributed by atoms with Gasteiger partial charge in [0, 0.05) is 12.6 Å². The summed E-state index contributed by atoms with van der Waals surface area (Å²) in [5.74, 6) is 0.321. The molecule has 0 spiro atoms. The van der Waals surface area contributed by atoms with Gasteiger partial charge in [0.1, 0.15) is 0 Å². The number of likely N-dealkylation sites (tertiary alicyclic amines) is 1. The van der Waals surface area contributed by atoms with Crippen LogP contribution in [0, 0.1) is 17.8 Å². The molecule has 0 aromatic rings. The van der Waals surface area contributed by atoms with E-state index < -0.39 is 0 Å². The number of rotatable bonds is 4. The predicted octanol–water partition coefficient (Wildman–Crippen LogP) is 1.14. The van der Waals surface area contributed by atoms with Crippen molar-refractivity contribution < 1.29 is 9.59 Å². The quantitative estimate of drug-likeness (QED) is 0.747. The SMILES string of the molecule is CCC(C)C(N)CN1C(=O)C2CCCC2C1=O. The van der Waals surface area contributed by atoms with Crippen molar-refractivity contribution in [1.82, 2.24) is 4.90 Å². The van der Waals surface area contributed by atoms with E-state index in [1.165, 1.54) is 4.90 Å². The molecule has 2 N–H and O–H groups in total. The Kier molecular flexibility index (Phi) is 3.52. The number of nitrogens with zero attached hydrogens (tertiary/aromatic N) is 1. The average Bonchev–Trinajstić information content (AvgIpc) is 2.88. The molecule has 1 aliphatic carbocycles. The van der Waals surface area contributed by atoms with Gasteiger partial charge >= 0.3 is 0 Å². The Morgan fingerprint density at radius 3 is 2.29 bits per heavy atom. The number of hydrogen-bond acceptors (Lipinski definition) is 3. The number of hydrogen-bond donors (Lipinski definition) is 1. The van der Waals surface area contributed by atoms with Gasteiger partial charge in [-0.15, -0.1) is 0 Å². The van der Waals surface area contributed by atoms with E-state index in [2.05, 4.69) is 13.8 Å². The molecule has 4 atom stereocenters. The van der Waals surface area contributed by atoms with E-state index in [0.29, 0.717) is 12.5 Å². The maximum atomic E-state index is 12.1. The highest BCUT2D eigenvalue weighted by atomic mass is 16.2. The van der Waals surface area contributed by atoms with Crippen molar-refractivity contribution in [3.05, 3.63) is 0 Å². The summed E-state index contributed by atoms with van der Waals surface area (Å²) >= 11 is 0. The number of amides is 2. The van der Waals surface area contributed by atoms with Crippen molar-refractivity contribution in [1.29, 1.82) is 0 Å². The minimum Gasteiger partial charge on any atom is -0.326 e. The molecule has 0 bridgehead atoms. The van der Waals surface area contributed by atoms with E-state index in [1.54, 1.807) is 0 Å². The molecule has 4 nitrogen and oxygen atoms in total. The summed E-state index contributed by atoms with van der Waals surface area (Å²) in [5.41, 5.74) is 6.04. The van der Waals surface area contributed by atoms with Crippen LogP contribution in [0.4, 0.5) is 0 Å². The first-order chi connectivity index (χ1) is 8.06. The monoisotopic (exact) mass is 238 g/mol. The second kappa shape index (κ2) is 4.77. The number of carbonyl (C=O) groups excluding carboxylic acids is 2. The van der Waals surface area contributed by atoms with Gasteiger partial charge < -0.3 is 5.73 Å². The number of nitrogens with two attached hydrogens (primary N) is 1. The first-order valence-electron chi connectivity index (χ1n) is 6.67. The Morgan fingerprint density at radius 2 is 1.82 bits per heavy atom. The van der Waals surface area contributed by atoms with Gasteiger partial charge in [-0.1, -0.05) is 26.7 Å². The summed E-state index contributed by atoms with van der Waals surface area (Å²) in [5, 5.41) is 0. The highest BCUT2D eigenvalue weighted by molar-refractivity contribution is 6.05. The van der Waals surface area contributed by atoms with Crippen molar-refractivity contribution in [2.45, 2.75) is 45.6 Å². The zero-order valence-corrected chi connectivity index (χ0v) is 10.7. The van der Waals surface area contributed by atoms with Crippen molar-refractivity contribution in [2.24, 2.45) is 23.5 Å². The van der Waals surface area contributed by atoms with Gasteiger partial charge in [-0.3, -0.25) is 14.5 Å². The Bertz CT molecular complexity index is 307. The lowest BCUT2D eigenvalue weighted by Gasteiger charge is -2.24. The number of imide groups is 1. The summed E-state index contributed by atoms with van der Waals surface area (Å²) in [4.78, 5) is 25.6. The first kappa shape index (κ1) is 12.6. The standard InChI is InChI=1S/C13H22N2O2/c1-3-8(2)11(14)7-15-12(16)9-5-4-6-10(9)13(15)17/h8-11H,3-7,14H2,1-2H3. The predicted molar refractivity (Wildman–Crippen MR) is 65.0 cm³/mol. The van der Waals surface area contributed by atoms with Crippen LogP contribution in [-0.2, 0) is 9.59 Å². The molecule has 2 aliphatic rings. The third-order valence-electron chi connectivity index (χ3n) is 4.45. The summed E-state index contributed by atoms with van der Waals surface area (Å²) < 4.78 is 0. The first-order valence-corrected chi connectivity index (χ1v) is 6.67. The van der Waals surface area contributed by atoms with Gasteiger partial charge in [0.05, 0.1) is 11.8 Å². The minimum atomic E-state index is -0.0910. The van der Waals surface area contributed by atoms with Gasteiger partial charge in [-0.05, 0) is 18.8 Å². The maximum Gasteiger partial charge on any atom is 0.233 e. The Balaban J connectivity index is 2.02. The molecule has 1 heterocycles. The molecular weight excluding hydrogens is 216 g/mol. The lowest BCUT2D eigenvalue weighted by molar-refractivity contribution is -0.140. The van der Waals surface area contributed by atoms with Gasteiger partial charge in [0.25, 0.3) is 0 Å². The largest absolute Gasteiger partial charge is 0.326 e. The van der Waals surface area contributed by atoms with E-state index in [1.807, 2.05) is 0 Å². The fourth-order valence-electron chi connectivity index (χ4n) is 2.93. The summed E-state index contributed by atoms with van der Waals surface area (Å²) in [6.45, 7) is 4.54.